The zero-order chi connectivity index (χ0) is 14.4. The average molecular weight is 312 g/mol. The van der Waals surface area contributed by atoms with E-state index in [2.05, 4.69) is 24.8 Å². The zero-order valence-electron chi connectivity index (χ0n) is 13.5. The molecule has 21 heavy (non-hydrogen) atoms. The minimum atomic E-state index is 0. The van der Waals surface area contributed by atoms with Crippen LogP contribution >= 0.6 is 12.4 Å². The van der Waals surface area contributed by atoms with Gasteiger partial charge in [-0.15, -0.1) is 12.4 Å². The van der Waals surface area contributed by atoms with E-state index in [4.69, 9.17) is 0 Å². The molecule has 0 aliphatic carbocycles. The van der Waals surface area contributed by atoms with Crippen LogP contribution in [-0.2, 0) is 5.41 Å². The van der Waals surface area contributed by atoms with Crippen LogP contribution in [0.5, 0.6) is 5.75 Å². The number of aromatic hydroxyl groups is 1. The number of benzene rings is 1. The van der Waals surface area contributed by atoms with Gasteiger partial charge in [-0.25, -0.2) is 0 Å². The number of phenols is 1. The maximum absolute atomic E-state index is 9.78. The fraction of sp³-hybridized carbons (Fsp3) is 0.667. The molecule has 120 valence electrons. The number of nitrogens with zero attached hydrogens (tertiary/aromatic N) is 1. The Balaban J connectivity index is 0.00000220. The van der Waals surface area contributed by atoms with E-state index < -0.39 is 0 Å². The number of rotatable bonds is 7. The summed E-state index contributed by atoms with van der Waals surface area (Å²) in [6.45, 7) is 8.13. The van der Waals surface area contributed by atoms with Crippen molar-refractivity contribution in [3.63, 3.8) is 0 Å². The molecule has 1 aliphatic heterocycles. The maximum atomic E-state index is 9.78. The van der Waals surface area contributed by atoms with E-state index in [-0.39, 0.29) is 17.8 Å². The van der Waals surface area contributed by atoms with Crippen molar-refractivity contribution in [2.75, 3.05) is 19.6 Å². The second-order valence-electron chi connectivity index (χ2n) is 6.31. The van der Waals surface area contributed by atoms with Crippen LogP contribution in [-0.4, -0.2) is 29.6 Å². The molecule has 0 radical (unpaired) electrons. The highest BCUT2D eigenvalue weighted by Crippen LogP contribution is 2.39. The summed E-state index contributed by atoms with van der Waals surface area (Å²) < 4.78 is 0. The van der Waals surface area contributed by atoms with Crippen molar-refractivity contribution >= 4 is 12.4 Å². The highest BCUT2D eigenvalue weighted by molar-refractivity contribution is 5.85. The quantitative estimate of drug-likeness (QED) is 0.735. The first kappa shape index (κ1) is 18.3. The molecule has 0 aromatic heterocycles. The number of unbranched alkanes of at least 4 members (excludes halogenated alkanes) is 2. The zero-order valence-corrected chi connectivity index (χ0v) is 14.3. The number of hydrogen-bond donors (Lipinski definition) is 1. The largest absolute Gasteiger partial charge is 0.508 e. The fourth-order valence-corrected chi connectivity index (χ4v) is 3.63. The van der Waals surface area contributed by atoms with Gasteiger partial charge in [-0.2, -0.15) is 0 Å². The van der Waals surface area contributed by atoms with Gasteiger partial charge < -0.3 is 10.0 Å². The Morgan fingerprint density at radius 1 is 1.19 bits per heavy atom. The van der Waals surface area contributed by atoms with Crippen LogP contribution in [0.25, 0.3) is 0 Å². The molecule has 1 aromatic carbocycles. The van der Waals surface area contributed by atoms with E-state index in [1.807, 2.05) is 12.1 Å². The molecule has 1 heterocycles. The first-order valence-electron chi connectivity index (χ1n) is 8.22. The summed E-state index contributed by atoms with van der Waals surface area (Å²) in [6.07, 6.45) is 7.61. The molecule has 1 N–H and O–H groups in total. The van der Waals surface area contributed by atoms with Gasteiger partial charge in [-0.3, -0.25) is 0 Å². The third-order valence-corrected chi connectivity index (χ3v) is 4.70. The molecule has 2 rings (SSSR count). The van der Waals surface area contributed by atoms with E-state index in [0.717, 1.165) is 6.54 Å². The molecule has 0 bridgehead atoms. The van der Waals surface area contributed by atoms with Gasteiger partial charge in [0.2, 0.25) is 0 Å². The van der Waals surface area contributed by atoms with Gasteiger partial charge in [0.25, 0.3) is 0 Å². The highest BCUT2D eigenvalue weighted by atomic mass is 35.5. The van der Waals surface area contributed by atoms with Crippen molar-refractivity contribution in [3.05, 3.63) is 29.8 Å². The molecule has 1 aromatic rings. The number of phenolic OH excluding ortho intramolecular Hbond substituents is 1. The van der Waals surface area contributed by atoms with Crippen molar-refractivity contribution in [2.45, 2.75) is 57.8 Å². The summed E-state index contributed by atoms with van der Waals surface area (Å²) in [5, 5.41) is 9.78. The lowest BCUT2D eigenvalue weighted by Gasteiger charge is -2.30. The van der Waals surface area contributed by atoms with Crippen LogP contribution in [0.4, 0.5) is 0 Å². The first-order chi connectivity index (χ1) is 9.70. The molecule has 0 saturated carbocycles. The van der Waals surface area contributed by atoms with E-state index in [1.54, 1.807) is 6.07 Å². The Morgan fingerprint density at radius 3 is 2.67 bits per heavy atom. The minimum Gasteiger partial charge on any atom is -0.508 e. The van der Waals surface area contributed by atoms with Gasteiger partial charge >= 0.3 is 0 Å². The monoisotopic (exact) mass is 311 g/mol. The van der Waals surface area contributed by atoms with Crippen LogP contribution < -0.4 is 0 Å². The van der Waals surface area contributed by atoms with Gasteiger partial charge in [0.15, 0.2) is 0 Å². The van der Waals surface area contributed by atoms with Crippen molar-refractivity contribution in [1.29, 1.82) is 0 Å². The Hall–Kier alpha value is -0.730. The normalized spacial score (nSPS) is 22.2. The summed E-state index contributed by atoms with van der Waals surface area (Å²) in [5.74, 6) is 0.405. The fourth-order valence-electron chi connectivity index (χ4n) is 3.63. The molecule has 1 unspecified atom stereocenters. The highest BCUT2D eigenvalue weighted by Gasteiger charge is 2.38. The molecule has 0 amide bonds. The summed E-state index contributed by atoms with van der Waals surface area (Å²) in [4.78, 5) is 2.62. The number of hydrogen-bond acceptors (Lipinski definition) is 2. The molecule has 1 saturated heterocycles. The Labute approximate surface area is 136 Å². The van der Waals surface area contributed by atoms with Crippen LogP contribution in [0.1, 0.15) is 57.9 Å². The summed E-state index contributed by atoms with van der Waals surface area (Å²) in [7, 11) is 0. The maximum Gasteiger partial charge on any atom is 0.115 e. The SMILES string of the molecule is CCCCCN1CCC(CCC)(c2cccc(O)c2)C1.Cl. The first-order valence-corrected chi connectivity index (χ1v) is 8.22. The van der Waals surface area contributed by atoms with Crippen molar-refractivity contribution < 1.29 is 5.11 Å². The van der Waals surface area contributed by atoms with Crippen LogP contribution in [0.2, 0.25) is 0 Å². The Morgan fingerprint density at radius 2 is 2.00 bits per heavy atom. The number of likely N-dealkylation sites (tertiary alicyclic amines) is 1. The second-order valence-corrected chi connectivity index (χ2v) is 6.31. The topological polar surface area (TPSA) is 23.5 Å². The standard InChI is InChI=1S/C18H29NO.ClH/c1-3-5-6-12-19-13-11-18(15-19,10-4-2)16-8-7-9-17(20)14-16;/h7-9,14,20H,3-6,10-13,15H2,1-2H3;1H. The molecule has 1 atom stereocenters. The summed E-state index contributed by atoms with van der Waals surface area (Å²) in [5.41, 5.74) is 1.59. The van der Waals surface area contributed by atoms with Crippen molar-refractivity contribution in [3.8, 4) is 5.75 Å². The van der Waals surface area contributed by atoms with Crippen LogP contribution in [0.15, 0.2) is 24.3 Å². The molecular weight excluding hydrogens is 282 g/mol. The molecule has 0 spiro atoms. The smallest absolute Gasteiger partial charge is 0.115 e. The Kier molecular flexibility index (Phi) is 7.55. The van der Waals surface area contributed by atoms with E-state index >= 15 is 0 Å². The summed E-state index contributed by atoms with van der Waals surface area (Å²) in [6, 6.07) is 7.94. The third kappa shape index (κ3) is 4.62. The molecule has 1 fully saturated rings. The molecule has 1 aliphatic rings. The van der Waals surface area contributed by atoms with Gasteiger partial charge in [-0.1, -0.05) is 45.2 Å². The minimum absolute atomic E-state index is 0. The van der Waals surface area contributed by atoms with Crippen molar-refractivity contribution in [1.82, 2.24) is 4.90 Å². The van der Waals surface area contributed by atoms with Gasteiger partial charge in [-0.05, 0) is 50.0 Å². The lowest BCUT2D eigenvalue weighted by molar-refractivity contribution is 0.295. The predicted octanol–water partition coefficient (Wildman–Crippen LogP) is 4.75. The number of halogens is 1. The predicted molar refractivity (Wildman–Crippen MR) is 92.5 cm³/mol. The molecule has 3 heteroatoms. The van der Waals surface area contributed by atoms with Crippen LogP contribution in [0.3, 0.4) is 0 Å². The molecule has 2 nitrogen and oxygen atoms in total. The lowest BCUT2D eigenvalue weighted by Crippen LogP contribution is -2.31. The average Bonchev–Trinajstić information content (AvgIpc) is 2.84. The summed E-state index contributed by atoms with van der Waals surface area (Å²) >= 11 is 0. The van der Waals surface area contributed by atoms with Gasteiger partial charge in [0.1, 0.15) is 5.75 Å². The van der Waals surface area contributed by atoms with Crippen molar-refractivity contribution in [2.24, 2.45) is 0 Å². The van der Waals surface area contributed by atoms with Gasteiger partial charge in [0.05, 0.1) is 0 Å². The second kappa shape index (κ2) is 8.65. The van der Waals surface area contributed by atoms with Gasteiger partial charge in [0, 0.05) is 12.0 Å². The lowest BCUT2D eigenvalue weighted by atomic mass is 9.76. The van der Waals surface area contributed by atoms with E-state index in [0.29, 0.717) is 5.75 Å². The third-order valence-electron chi connectivity index (χ3n) is 4.70. The van der Waals surface area contributed by atoms with Crippen LogP contribution in [0, 0.1) is 0 Å². The Bertz CT molecular complexity index is 423. The molecular formula is C18H30ClNO. The van der Waals surface area contributed by atoms with E-state index in [9.17, 15) is 5.11 Å². The van der Waals surface area contributed by atoms with E-state index in [1.165, 1.54) is 57.2 Å².